The Labute approximate surface area is 117 Å². The number of aliphatic hydroxyl groups excluding tert-OH is 1. The third kappa shape index (κ3) is 6.71. The minimum absolute atomic E-state index is 0.0407. The summed E-state index contributed by atoms with van der Waals surface area (Å²) in [5.74, 6) is 0. The van der Waals surface area contributed by atoms with Crippen LogP contribution >= 0.6 is 0 Å². The first-order chi connectivity index (χ1) is 8.93. The van der Waals surface area contributed by atoms with Crippen molar-refractivity contribution in [2.24, 2.45) is 0 Å². The van der Waals surface area contributed by atoms with E-state index in [1.807, 2.05) is 6.92 Å². The van der Waals surface area contributed by atoms with E-state index >= 15 is 0 Å². The standard InChI is InChI=1S/C16H27NO2/c1-5-19-12-15(18)11-17-16(3,4)10-14-8-6-7-13(2)9-14/h6-9,15,17-18H,5,10-12H2,1-4H3. The lowest BCUT2D eigenvalue weighted by Gasteiger charge is -2.28. The minimum Gasteiger partial charge on any atom is -0.389 e. The highest BCUT2D eigenvalue weighted by atomic mass is 16.5. The number of nitrogens with one attached hydrogen (secondary N) is 1. The third-order valence-electron chi connectivity index (χ3n) is 3.06. The van der Waals surface area contributed by atoms with Crippen LogP contribution in [0.25, 0.3) is 0 Å². The van der Waals surface area contributed by atoms with Gasteiger partial charge in [0.25, 0.3) is 0 Å². The van der Waals surface area contributed by atoms with Gasteiger partial charge in [-0.05, 0) is 39.7 Å². The maximum absolute atomic E-state index is 9.77. The van der Waals surface area contributed by atoms with E-state index in [4.69, 9.17) is 4.74 Å². The van der Waals surface area contributed by atoms with Gasteiger partial charge in [0.05, 0.1) is 12.7 Å². The van der Waals surface area contributed by atoms with Crippen LogP contribution in [0.4, 0.5) is 0 Å². The van der Waals surface area contributed by atoms with Gasteiger partial charge in [-0.25, -0.2) is 0 Å². The fourth-order valence-electron chi connectivity index (χ4n) is 2.10. The van der Waals surface area contributed by atoms with Crippen molar-refractivity contribution in [3.63, 3.8) is 0 Å². The lowest BCUT2D eigenvalue weighted by molar-refractivity contribution is 0.0392. The van der Waals surface area contributed by atoms with Gasteiger partial charge in [-0.1, -0.05) is 29.8 Å². The molecule has 0 aliphatic carbocycles. The van der Waals surface area contributed by atoms with Crippen LogP contribution in [0.3, 0.4) is 0 Å². The molecular weight excluding hydrogens is 238 g/mol. The van der Waals surface area contributed by atoms with Gasteiger partial charge in [0.2, 0.25) is 0 Å². The van der Waals surface area contributed by atoms with Crippen molar-refractivity contribution in [2.45, 2.75) is 45.8 Å². The Bertz CT molecular complexity index is 377. The number of hydrogen-bond donors (Lipinski definition) is 2. The van der Waals surface area contributed by atoms with Gasteiger partial charge in [-0.15, -0.1) is 0 Å². The number of ether oxygens (including phenoxy) is 1. The Hall–Kier alpha value is -0.900. The predicted octanol–water partition coefficient (Wildman–Crippen LogP) is 2.30. The van der Waals surface area contributed by atoms with Gasteiger partial charge >= 0.3 is 0 Å². The zero-order valence-electron chi connectivity index (χ0n) is 12.6. The Morgan fingerprint density at radius 3 is 2.74 bits per heavy atom. The first-order valence-electron chi connectivity index (χ1n) is 6.99. The molecule has 0 saturated carbocycles. The highest BCUT2D eigenvalue weighted by Crippen LogP contribution is 2.14. The van der Waals surface area contributed by atoms with E-state index in [1.54, 1.807) is 0 Å². The normalized spacial score (nSPS) is 13.5. The van der Waals surface area contributed by atoms with Crippen LogP contribution in [0.15, 0.2) is 24.3 Å². The summed E-state index contributed by atoms with van der Waals surface area (Å²) in [4.78, 5) is 0. The maximum Gasteiger partial charge on any atom is 0.0897 e. The Kier molecular flexibility index (Phi) is 6.49. The second-order valence-electron chi connectivity index (χ2n) is 5.74. The second kappa shape index (κ2) is 7.63. The molecule has 1 aromatic rings. The molecule has 1 aromatic carbocycles. The first kappa shape index (κ1) is 16.2. The van der Waals surface area contributed by atoms with E-state index in [-0.39, 0.29) is 5.54 Å². The average molecular weight is 265 g/mol. The van der Waals surface area contributed by atoms with E-state index in [0.717, 1.165) is 6.42 Å². The molecule has 0 heterocycles. The molecule has 0 spiro atoms. The summed E-state index contributed by atoms with van der Waals surface area (Å²) in [6, 6.07) is 8.55. The van der Waals surface area contributed by atoms with Gasteiger partial charge in [-0.2, -0.15) is 0 Å². The van der Waals surface area contributed by atoms with Crippen LogP contribution in [0.2, 0.25) is 0 Å². The summed E-state index contributed by atoms with van der Waals surface area (Å²) in [6.45, 7) is 9.94. The van der Waals surface area contributed by atoms with E-state index < -0.39 is 6.10 Å². The number of rotatable bonds is 8. The summed E-state index contributed by atoms with van der Waals surface area (Å²) < 4.78 is 5.20. The molecule has 1 unspecified atom stereocenters. The molecule has 108 valence electrons. The summed E-state index contributed by atoms with van der Waals surface area (Å²) in [5, 5.41) is 13.2. The summed E-state index contributed by atoms with van der Waals surface area (Å²) in [7, 11) is 0. The van der Waals surface area contributed by atoms with Crippen LogP contribution in [-0.4, -0.2) is 36.5 Å². The van der Waals surface area contributed by atoms with E-state index in [2.05, 4.69) is 50.4 Å². The fourth-order valence-corrected chi connectivity index (χ4v) is 2.10. The molecular formula is C16H27NO2. The molecule has 0 bridgehead atoms. The lowest BCUT2D eigenvalue weighted by Crippen LogP contribution is -2.46. The van der Waals surface area contributed by atoms with Gasteiger partial charge in [0.1, 0.15) is 0 Å². The van der Waals surface area contributed by atoms with Gasteiger partial charge < -0.3 is 15.2 Å². The zero-order chi connectivity index (χ0) is 14.3. The molecule has 0 aromatic heterocycles. The molecule has 2 N–H and O–H groups in total. The monoisotopic (exact) mass is 265 g/mol. The van der Waals surface area contributed by atoms with E-state index in [0.29, 0.717) is 19.8 Å². The quantitative estimate of drug-likeness (QED) is 0.758. The van der Waals surface area contributed by atoms with Crippen molar-refractivity contribution in [3.05, 3.63) is 35.4 Å². The lowest BCUT2D eigenvalue weighted by atomic mass is 9.94. The highest BCUT2D eigenvalue weighted by Gasteiger charge is 2.19. The number of aliphatic hydroxyl groups is 1. The van der Waals surface area contributed by atoms with Crippen molar-refractivity contribution < 1.29 is 9.84 Å². The Balaban J connectivity index is 2.43. The maximum atomic E-state index is 9.77. The number of hydrogen-bond acceptors (Lipinski definition) is 3. The van der Waals surface area contributed by atoms with E-state index in [1.165, 1.54) is 11.1 Å². The molecule has 1 atom stereocenters. The zero-order valence-corrected chi connectivity index (χ0v) is 12.6. The molecule has 3 nitrogen and oxygen atoms in total. The largest absolute Gasteiger partial charge is 0.389 e. The van der Waals surface area contributed by atoms with Crippen LogP contribution in [0.1, 0.15) is 31.9 Å². The third-order valence-corrected chi connectivity index (χ3v) is 3.06. The second-order valence-corrected chi connectivity index (χ2v) is 5.74. The summed E-state index contributed by atoms with van der Waals surface area (Å²) in [5.41, 5.74) is 2.56. The first-order valence-corrected chi connectivity index (χ1v) is 6.99. The van der Waals surface area contributed by atoms with E-state index in [9.17, 15) is 5.11 Å². The molecule has 0 aliphatic heterocycles. The Morgan fingerprint density at radius 1 is 1.37 bits per heavy atom. The van der Waals surface area contributed by atoms with Crippen LogP contribution in [0, 0.1) is 6.92 Å². The fraction of sp³-hybridized carbons (Fsp3) is 0.625. The predicted molar refractivity (Wildman–Crippen MR) is 79.5 cm³/mol. The van der Waals surface area contributed by atoms with Gasteiger partial charge in [0.15, 0.2) is 0 Å². The number of benzene rings is 1. The summed E-state index contributed by atoms with van der Waals surface area (Å²) >= 11 is 0. The number of β-amino-alcohol motifs (C(OH)–C–C–N with tert-alkyl or cyclic N) is 1. The highest BCUT2D eigenvalue weighted by molar-refractivity contribution is 5.23. The van der Waals surface area contributed by atoms with Crippen LogP contribution < -0.4 is 5.32 Å². The molecule has 19 heavy (non-hydrogen) atoms. The topological polar surface area (TPSA) is 41.5 Å². The Morgan fingerprint density at radius 2 is 2.11 bits per heavy atom. The van der Waals surface area contributed by atoms with Crippen LogP contribution in [0.5, 0.6) is 0 Å². The van der Waals surface area contributed by atoms with Crippen LogP contribution in [-0.2, 0) is 11.2 Å². The summed E-state index contributed by atoms with van der Waals surface area (Å²) in [6.07, 6.45) is 0.493. The van der Waals surface area contributed by atoms with Gasteiger partial charge in [-0.3, -0.25) is 0 Å². The molecule has 1 rings (SSSR count). The van der Waals surface area contributed by atoms with Crippen molar-refractivity contribution in [1.82, 2.24) is 5.32 Å². The average Bonchev–Trinajstić information content (AvgIpc) is 2.33. The van der Waals surface area contributed by atoms with Crippen molar-refractivity contribution in [2.75, 3.05) is 19.8 Å². The molecule has 0 radical (unpaired) electrons. The molecule has 0 fully saturated rings. The molecule has 0 amide bonds. The van der Waals surface area contributed by atoms with Crippen molar-refractivity contribution in [1.29, 1.82) is 0 Å². The minimum atomic E-state index is -0.447. The smallest absolute Gasteiger partial charge is 0.0897 e. The van der Waals surface area contributed by atoms with Crippen molar-refractivity contribution >= 4 is 0 Å². The van der Waals surface area contributed by atoms with Gasteiger partial charge in [0, 0.05) is 18.7 Å². The number of aryl methyl sites for hydroxylation is 1. The molecule has 0 saturated heterocycles. The molecule has 0 aliphatic rings. The van der Waals surface area contributed by atoms with Crippen molar-refractivity contribution in [3.8, 4) is 0 Å². The SMILES string of the molecule is CCOCC(O)CNC(C)(C)Cc1cccc(C)c1. The molecule has 3 heteroatoms.